The van der Waals surface area contributed by atoms with Crippen LogP contribution in [0.1, 0.15) is 48.0 Å². The van der Waals surface area contributed by atoms with Crippen molar-refractivity contribution in [3.8, 4) is 0 Å². The number of amides is 1. The maximum absolute atomic E-state index is 12.2. The van der Waals surface area contributed by atoms with Crippen LogP contribution in [0.3, 0.4) is 0 Å². The number of hydrogen-bond donors (Lipinski definition) is 1. The Morgan fingerprint density at radius 2 is 1.79 bits per heavy atom. The summed E-state index contributed by atoms with van der Waals surface area (Å²) >= 11 is 0. The van der Waals surface area contributed by atoms with Crippen molar-refractivity contribution in [3.63, 3.8) is 0 Å². The van der Waals surface area contributed by atoms with Crippen molar-refractivity contribution in [2.45, 2.75) is 60.0 Å². The molecular formula is C14H28N2O3. The smallest absolute Gasteiger partial charge is 0.325 e. The number of hydrogen-bond acceptors (Lipinski definition) is 4. The normalized spacial score (nSPS) is 13.3. The number of carbonyl (C=O) groups is 2. The van der Waals surface area contributed by atoms with E-state index in [9.17, 15) is 9.59 Å². The minimum absolute atomic E-state index is 0.0127. The highest BCUT2D eigenvalue weighted by Gasteiger charge is 2.27. The predicted molar refractivity (Wildman–Crippen MR) is 75.5 cm³/mol. The van der Waals surface area contributed by atoms with Gasteiger partial charge in [0, 0.05) is 18.5 Å². The van der Waals surface area contributed by atoms with Crippen molar-refractivity contribution in [3.05, 3.63) is 0 Å². The molecule has 0 saturated carbocycles. The van der Waals surface area contributed by atoms with Crippen LogP contribution in [-0.2, 0) is 14.3 Å². The summed E-state index contributed by atoms with van der Waals surface area (Å²) in [5.41, 5.74) is 5.88. The van der Waals surface area contributed by atoms with E-state index in [4.69, 9.17) is 10.5 Å². The Bertz CT molecular complexity index is 308. The molecule has 0 aromatic heterocycles. The first-order valence-electron chi connectivity index (χ1n) is 6.80. The van der Waals surface area contributed by atoms with E-state index in [0.717, 1.165) is 0 Å². The van der Waals surface area contributed by atoms with Crippen molar-refractivity contribution >= 4 is 11.9 Å². The zero-order valence-electron chi connectivity index (χ0n) is 13.0. The Hall–Kier alpha value is -1.10. The van der Waals surface area contributed by atoms with Crippen LogP contribution < -0.4 is 5.73 Å². The highest BCUT2D eigenvalue weighted by Crippen LogP contribution is 2.20. The van der Waals surface area contributed by atoms with Crippen LogP contribution in [0.25, 0.3) is 0 Å². The second-order valence-electron chi connectivity index (χ2n) is 6.10. The molecule has 1 atom stereocenters. The van der Waals surface area contributed by atoms with Crippen LogP contribution in [-0.4, -0.2) is 42.0 Å². The summed E-state index contributed by atoms with van der Waals surface area (Å²) in [4.78, 5) is 25.2. The van der Waals surface area contributed by atoms with Crippen molar-refractivity contribution < 1.29 is 14.3 Å². The van der Waals surface area contributed by atoms with Gasteiger partial charge in [0.15, 0.2) is 0 Å². The standard InChI is InChI=1S/C14H28N2O3/c1-7-19-13(18)9-16(10(2)3)12(17)8-11(15)14(4,5)6/h10-11H,7-9,15H2,1-6H3. The Kier molecular flexibility index (Phi) is 7.05. The van der Waals surface area contributed by atoms with Crippen molar-refractivity contribution in [1.29, 1.82) is 0 Å². The summed E-state index contributed by atoms with van der Waals surface area (Å²) in [6.45, 7) is 11.8. The summed E-state index contributed by atoms with van der Waals surface area (Å²) in [7, 11) is 0. The zero-order valence-corrected chi connectivity index (χ0v) is 13.0. The summed E-state index contributed by atoms with van der Waals surface area (Å²) < 4.78 is 4.88. The van der Waals surface area contributed by atoms with E-state index in [1.54, 1.807) is 6.92 Å². The first-order chi connectivity index (χ1) is 8.59. The Morgan fingerprint density at radius 3 is 2.16 bits per heavy atom. The van der Waals surface area contributed by atoms with E-state index in [1.165, 1.54) is 4.90 Å². The summed E-state index contributed by atoms with van der Waals surface area (Å²) in [5, 5.41) is 0. The van der Waals surface area contributed by atoms with Gasteiger partial charge in [-0.2, -0.15) is 0 Å². The molecule has 0 radical (unpaired) electrons. The molecule has 0 aromatic rings. The predicted octanol–water partition coefficient (Wildman–Crippen LogP) is 1.55. The quantitative estimate of drug-likeness (QED) is 0.745. The number of carbonyl (C=O) groups excluding carboxylic acids is 2. The van der Waals surface area contributed by atoms with E-state index >= 15 is 0 Å². The lowest BCUT2D eigenvalue weighted by molar-refractivity contribution is -0.150. The average molecular weight is 272 g/mol. The SMILES string of the molecule is CCOC(=O)CN(C(=O)CC(N)C(C)(C)C)C(C)C. The van der Waals surface area contributed by atoms with Crippen molar-refractivity contribution in [1.82, 2.24) is 4.90 Å². The Labute approximate surface area is 116 Å². The fourth-order valence-corrected chi connectivity index (χ4v) is 1.52. The highest BCUT2D eigenvalue weighted by molar-refractivity contribution is 5.82. The number of rotatable bonds is 6. The lowest BCUT2D eigenvalue weighted by Crippen LogP contribution is -2.46. The molecule has 1 unspecified atom stereocenters. The third-order valence-corrected chi connectivity index (χ3v) is 3.06. The first-order valence-corrected chi connectivity index (χ1v) is 6.80. The van der Waals surface area contributed by atoms with Crippen LogP contribution in [0, 0.1) is 5.41 Å². The first kappa shape index (κ1) is 17.9. The fourth-order valence-electron chi connectivity index (χ4n) is 1.52. The largest absolute Gasteiger partial charge is 0.465 e. The minimum atomic E-state index is -0.381. The lowest BCUT2D eigenvalue weighted by atomic mass is 9.85. The molecule has 0 bridgehead atoms. The van der Waals surface area contributed by atoms with Crippen molar-refractivity contribution in [2.75, 3.05) is 13.2 Å². The van der Waals surface area contributed by atoms with Gasteiger partial charge in [-0.1, -0.05) is 20.8 Å². The monoisotopic (exact) mass is 272 g/mol. The molecule has 0 heterocycles. The molecule has 0 rings (SSSR count). The Balaban J connectivity index is 4.63. The Morgan fingerprint density at radius 1 is 1.26 bits per heavy atom. The van der Waals surface area contributed by atoms with E-state index in [-0.39, 0.29) is 42.3 Å². The molecule has 0 aromatic carbocycles. The highest BCUT2D eigenvalue weighted by atomic mass is 16.5. The van der Waals surface area contributed by atoms with E-state index in [0.29, 0.717) is 6.61 Å². The molecule has 5 nitrogen and oxygen atoms in total. The second kappa shape index (κ2) is 7.48. The van der Waals surface area contributed by atoms with E-state index in [1.807, 2.05) is 34.6 Å². The number of nitrogens with two attached hydrogens (primary N) is 1. The maximum Gasteiger partial charge on any atom is 0.325 e. The van der Waals surface area contributed by atoms with Gasteiger partial charge < -0.3 is 15.4 Å². The van der Waals surface area contributed by atoms with Gasteiger partial charge in [-0.3, -0.25) is 9.59 Å². The molecule has 112 valence electrons. The van der Waals surface area contributed by atoms with Gasteiger partial charge in [-0.05, 0) is 26.2 Å². The van der Waals surface area contributed by atoms with Crippen LogP contribution in [0.15, 0.2) is 0 Å². The second-order valence-corrected chi connectivity index (χ2v) is 6.10. The molecule has 0 fully saturated rings. The van der Waals surface area contributed by atoms with Crippen molar-refractivity contribution in [2.24, 2.45) is 11.1 Å². The molecule has 5 heteroatoms. The molecule has 0 saturated heterocycles. The zero-order chi connectivity index (χ0) is 15.2. The number of nitrogens with zero attached hydrogens (tertiary/aromatic N) is 1. The van der Waals surface area contributed by atoms with E-state index in [2.05, 4.69) is 0 Å². The number of ether oxygens (including phenoxy) is 1. The van der Waals surface area contributed by atoms with Crippen LogP contribution in [0.4, 0.5) is 0 Å². The third kappa shape index (κ3) is 6.57. The summed E-state index contributed by atoms with van der Waals surface area (Å²) in [6, 6.07) is -0.285. The molecule has 0 aliphatic heterocycles. The molecule has 0 spiro atoms. The van der Waals surface area contributed by atoms with Crippen LogP contribution in [0.2, 0.25) is 0 Å². The molecule has 1 amide bonds. The molecule has 19 heavy (non-hydrogen) atoms. The minimum Gasteiger partial charge on any atom is -0.465 e. The summed E-state index contributed by atoms with van der Waals surface area (Å²) in [5.74, 6) is -0.487. The molecule has 0 aliphatic carbocycles. The molecule has 0 aliphatic rings. The molecular weight excluding hydrogens is 244 g/mol. The third-order valence-electron chi connectivity index (χ3n) is 3.06. The fraction of sp³-hybridized carbons (Fsp3) is 0.857. The summed E-state index contributed by atoms with van der Waals surface area (Å²) in [6.07, 6.45) is 0.237. The van der Waals surface area contributed by atoms with Gasteiger partial charge in [-0.25, -0.2) is 0 Å². The number of esters is 1. The van der Waals surface area contributed by atoms with Crippen LogP contribution in [0.5, 0.6) is 0 Å². The molecule has 2 N–H and O–H groups in total. The maximum atomic E-state index is 12.2. The van der Waals surface area contributed by atoms with Gasteiger partial charge in [0.1, 0.15) is 6.54 Å². The van der Waals surface area contributed by atoms with Gasteiger partial charge in [-0.15, -0.1) is 0 Å². The van der Waals surface area contributed by atoms with Gasteiger partial charge in [0.05, 0.1) is 6.61 Å². The average Bonchev–Trinajstić information content (AvgIpc) is 2.24. The topological polar surface area (TPSA) is 72.6 Å². The van der Waals surface area contributed by atoms with Gasteiger partial charge in [0.2, 0.25) is 5.91 Å². The van der Waals surface area contributed by atoms with Gasteiger partial charge >= 0.3 is 5.97 Å². The van der Waals surface area contributed by atoms with E-state index < -0.39 is 0 Å². The van der Waals surface area contributed by atoms with Crippen LogP contribution >= 0.6 is 0 Å². The lowest BCUT2D eigenvalue weighted by Gasteiger charge is -2.31. The van der Waals surface area contributed by atoms with Gasteiger partial charge in [0.25, 0.3) is 0 Å².